The molecule has 1 N–H and O–H groups in total. The van der Waals surface area contributed by atoms with Crippen LogP contribution in [0.15, 0.2) is 46.9 Å². The van der Waals surface area contributed by atoms with E-state index in [0.717, 1.165) is 15.8 Å². The lowest BCUT2D eigenvalue weighted by Gasteiger charge is -2.08. The van der Waals surface area contributed by atoms with Crippen LogP contribution in [0.5, 0.6) is 11.5 Å². The number of hydrogen-bond acceptors (Lipinski definition) is 3. The van der Waals surface area contributed by atoms with Crippen LogP contribution in [-0.4, -0.2) is 12.7 Å². The van der Waals surface area contributed by atoms with E-state index in [-0.39, 0.29) is 12.7 Å². The van der Waals surface area contributed by atoms with Crippen LogP contribution in [-0.2, 0) is 6.54 Å². The molecule has 1 aliphatic rings. The predicted molar refractivity (Wildman–Crippen MR) is 77.9 cm³/mol. The largest absolute Gasteiger partial charge is 0.454 e. The molecule has 0 spiro atoms. The van der Waals surface area contributed by atoms with Crippen molar-refractivity contribution in [3.8, 4) is 11.5 Å². The zero-order chi connectivity index (χ0) is 13.9. The molecule has 102 valence electrons. The quantitative estimate of drug-likeness (QED) is 0.938. The van der Waals surface area contributed by atoms with Gasteiger partial charge in [-0.15, -0.1) is 0 Å². The first-order valence-electron chi connectivity index (χ1n) is 6.15. The monoisotopic (exact) mass is 333 g/mol. The van der Waals surface area contributed by atoms with Crippen molar-refractivity contribution in [2.45, 2.75) is 6.54 Å². The Labute approximate surface area is 124 Å². The first kappa shape index (κ1) is 13.0. The van der Waals surface area contributed by atoms with Gasteiger partial charge in [0.25, 0.3) is 5.91 Å². The minimum atomic E-state index is -0.122. The summed E-state index contributed by atoms with van der Waals surface area (Å²) >= 11 is 3.35. The van der Waals surface area contributed by atoms with E-state index < -0.39 is 0 Å². The van der Waals surface area contributed by atoms with Gasteiger partial charge in [-0.3, -0.25) is 4.79 Å². The second-order valence-corrected chi connectivity index (χ2v) is 5.26. The second kappa shape index (κ2) is 5.54. The fraction of sp³-hybridized carbons (Fsp3) is 0.133. The number of rotatable bonds is 3. The molecule has 0 unspecified atom stereocenters. The molecule has 2 aromatic carbocycles. The van der Waals surface area contributed by atoms with Crippen LogP contribution in [0.3, 0.4) is 0 Å². The van der Waals surface area contributed by atoms with E-state index in [9.17, 15) is 4.79 Å². The van der Waals surface area contributed by atoms with E-state index in [1.165, 1.54) is 0 Å². The first-order valence-corrected chi connectivity index (χ1v) is 6.94. The highest BCUT2D eigenvalue weighted by atomic mass is 79.9. The Balaban J connectivity index is 1.71. The smallest absolute Gasteiger partial charge is 0.251 e. The van der Waals surface area contributed by atoms with Crippen LogP contribution in [0.1, 0.15) is 15.9 Å². The number of benzene rings is 2. The van der Waals surface area contributed by atoms with Crippen LogP contribution >= 0.6 is 15.9 Å². The van der Waals surface area contributed by atoms with Crippen molar-refractivity contribution in [3.63, 3.8) is 0 Å². The number of carbonyl (C=O) groups excluding carboxylic acids is 1. The maximum Gasteiger partial charge on any atom is 0.251 e. The average molecular weight is 334 g/mol. The summed E-state index contributed by atoms with van der Waals surface area (Å²) in [5, 5.41) is 2.88. The zero-order valence-corrected chi connectivity index (χ0v) is 12.1. The number of amides is 1. The molecule has 1 amide bonds. The maximum atomic E-state index is 12.1. The third-order valence-corrected chi connectivity index (χ3v) is 3.50. The molecule has 0 saturated carbocycles. The Bertz CT molecular complexity index is 657. The summed E-state index contributed by atoms with van der Waals surface area (Å²) in [6.45, 7) is 0.629. The van der Waals surface area contributed by atoms with Gasteiger partial charge >= 0.3 is 0 Å². The summed E-state index contributed by atoms with van der Waals surface area (Å²) in [6, 6.07) is 12.9. The van der Waals surface area contributed by atoms with E-state index >= 15 is 0 Å². The number of hydrogen-bond donors (Lipinski definition) is 1. The third kappa shape index (κ3) is 2.63. The van der Waals surface area contributed by atoms with Crippen molar-refractivity contribution in [2.75, 3.05) is 6.79 Å². The van der Waals surface area contributed by atoms with Gasteiger partial charge in [0.15, 0.2) is 11.5 Å². The number of nitrogens with one attached hydrogen (secondary N) is 1. The molecule has 0 radical (unpaired) electrons. The summed E-state index contributed by atoms with van der Waals surface area (Å²) in [7, 11) is 0. The molecule has 1 aliphatic heterocycles. The van der Waals surface area contributed by atoms with Gasteiger partial charge in [0.05, 0.1) is 0 Å². The lowest BCUT2D eigenvalue weighted by atomic mass is 10.1. The van der Waals surface area contributed by atoms with E-state index in [2.05, 4.69) is 21.2 Å². The number of halogens is 1. The summed E-state index contributed by atoms with van der Waals surface area (Å²) in [6.07, 6.45) is 0. The van der Waals surface area contributed by atoms with Crippen LogP contribution in [0.4, 0.5) is 0 Å². The second-order valence-electron chi connectivity index (χ2n) is 4.34. The minimum Gasteiger partial charge on any atom is -0.454 e. The molecule has 2 aromatic rings. The van der Waals surface area contributed by atoms with Crippen LogP contribution in [0.25, 0.3) is 0 Å². The molecule has 4 nitrogen and oxygen atoms in total. The fourth-order valence-corrected chi connectivity index (χ4v) is 2.44. The van der Waals surface area contributed by atoms with Crippen molar-refractivity contribution >= 4 is 21.8 Å². The molecule has 0 bridgehead atoms. The average Bonchev–Trinajstić information content (AvgIpc) is 2.93. The van der Waals surface area contributed by atoms with E-state index in [0.29, 0.717) is 17.9 Å². The van der Waals surface area contributed by atoms with E-state index in [1.807, 2.05) is 30.3 Å². The lowest BCUT2D eigenvalue weighted by Crippen LogP contribution is -2.22. The molecule has 1 heterocycles. The Kier molecular flexibility index (Phi) is 3.60. The molecule has 0 aromatic heterocycles. The Morgan fingerprint density at radius 1 is 1.20 bits per heavy atom. The molecular weight excluding hydrogens is 322 g/mol. The zero-order valence-electron chi connectivity index (χ0n) is 10.6. The van der Waals surface area contributed by atoms with Gasteiger partial charge in [-0.1, -0.05) is 34.1 Å². The van der Waals surface area contributed by atoms with Gasteiger partial charge in [-0.2, -0.15) is 0 Å². The third-order valence-electron chi connectivity index (χ3n) is 3.00. The lowest BCUT2D eigenvalue weighted by molar-refractivity contribution is 0.0950. The summed E-state index contributed by atoms with van der Waals surface area (Å²) < 4.78 is 11.6. The maximum absolute atomic E-state index is 12.1. The Morgan fingerprint density at radius 3 is 2.90 bits per heavy atom. The van der Waals surface area contributed by atoms with E-state index in [1.54, 1.807) is 12.1 Å². The summed E-state index contributed by atoms with van der Waals surface area (Å²) in [4.78, 5) is 12.1. The standard InChI is InChI=1S/C15H12BrNO3/c16-12-5-1-3-10(7-12)15(18)17-8-11-4-2-6-13-14(11)20-9-19-13/h1-7H,8-9H2,(H,17,18). The van der Waals surface area contributed by atoms with Crippen molar-refractivity contribution < 1.29 is 14.3 Å². The SMILES string of the molecule is O=C(NCc1cccc2c1OCO2)c1cccc(Br)c1. The highest BCUT2D eigenvalue weighted by Crippen LogP contribution is 2.35. The van der Waals surface area contributed by atoms with Crippen LogP contribution in [0.2, 0.25) is 0 Å². The van der Waals surface area contributed by atoms with Crippen molar-refractivity contribution in [3.05, 3.63) is 58.1 Å². The molecular formula is C15H12BrNO3. The summed E-state index contributed by atoms with van der Waals surface area (Å²) in [5.41, 5.74) is 1.52. The van der Waals surface area contributed by atoms with Gasteiger partial charge in [0, 0.05) is 22.1 Å². The van der Waals surface area contributed by atoms with Gasteiger partial charge in [-0.25, -0.2) is 0 Å². The fourth-order valence-electron chi connectivity index (χ4n) is 2.04. The van der Waals surface area contributed by atoms with Crippen LogP contribution < -0.4 is 14.8 Å². The number of fused-ring (bicyclic) bond motifs is 1. The van der Waals surface area contributed by atoms with E-state index in [4.69, 9.17) is 9.47 Å². The molecule has 20 heavy (non-hydrogen) atoms. The predicted octanol–water partition coefficient (Wildman–Crippen LogP) is 3.11. The molecule has 0 saturated heterocycles. The summed E-state index contributed by atoms with van der Waals surface area (Å²) in [5.74, 6) is 1.31. The van der Waals surface area contributed by atoms with Gasteiger partial charge < -0.3 is 14.8 Å². The molecule has 0 fully saturated rings. The minimum absolute atomic E-state index is 0.122. The molecule has 0 aliphatic carbocycles. The highest BCUT2D eigenvalue weighted by molar-refractivity contribution is 9.10. The Hall–Kier alpha value is -2.01. The van der Waals surface area contributed by atoms with Crippen molar-refractivity contribution in [1.82, 2.24) is 5.32 Å². The molecule has 0 atom stereocenters. The van der Waals surface area contributed by atoms with Crippen molar-refractivity contribution in [2.24, 2.45) is 0 Å². The number of ether oxygens (including phenoxy) is 2. The van der Waals surface area contributed by atoms with Gasteiger partial charge in [0.1, 0.15) is 0 Å². The van der Waals surface area contributed by atoms with Gasteiger partial charge in [0.2, 0.25) is 6.79 Å². The van der Waals surface area contributed by atoms with Crippen molar-refractivity contribution in [1.29, 1.82) is 0 Å². The normalized spacial score (nSPS) is 12.2. The molecule has 5 heteroatoms. The van der Waals surface area contributed by atoms with Crippen LogP contribution in [0, 0.1) is 0 Å². The first-order chi connectivity index (χ1) is 9.74. The topological polar surface area (TPSA) is 47.6 Å². The Morgan fingerprint density at radius 2 is 2.05 bits per heavy atom. The number of para-hydroxylation sites is 1. The van der Waals surface area contributed by atoms with Gasteiger partial charge in [-0.05, 0) is 24.3 Å². The number of carbonyl (C=O) groups is 1. The molecule has 3 rings (SSSR count). The highest BCUT2D eigenvalue weighted by Gasteiger charge is 2.17.